The molecule has 1 aromatic carbocycles. The van der Waals surface area contributed by atoms with E-state index in [1.165, 1.54) is 5.56 Å². The van der Waals surface area contributed by atoms with E-state index in [0.29, 0.717) is 19.5 Å². The van der Waals surface area contributed by atoms with Crippen LogP contribution in [-0.2, 0) is 10.2 Å². The first-order valence-electron chi connectivity index (χ1n) is 9.32. The van der Waals surface area contributed by atoms with Gasteiger partial charge in [-0.3, -0.25) is 9.69 Å². The summed E-state index contributed by atoms with van der Waals surface area (Å²) in [4.78, 5) is 30.4. The van der Waals surface area contributed by atoms with Crippen LogP contribution in [0.2, 0.25) is 0 Å². The molecular formula is C20H30N4O2. The van der Waals surface area contributed by atoms with Crippen LogP contribution in [0.1, 0.15) is 38.7 Å². The summed E-state index contributed by atoms with van der Waals surface area (Å²) < 4.78 is 0. The zero-order valence-electron chi connectivity index (χ0n) is 16.3. The molecule has 2 aliphatic rings. The van der Waals surface area contributed by atoms with Gasteiger partial charge in [0.2, 0.25) is 5.91 Å². The number of hydrogen-bond donors (Lipinski definition) is 1. The summed E-state index contributed by atoms with van der Waals surface area (Å²) in [6.45, 7) is 6.46. The average molecular weight is 358 g/mol. The number of carbonyl (C=O) groups is 2. The molecule has 2 N–H and O–H groups in total. The number of nitrogens with zero attached hydrogens (tertiary/aromatic N) is 3. The zero-order chi connectivity index (χ0) is 19.1. The molecule has 2 heterocycles. The highest BCUT2D eigenvalue weighted by molar-refractivity contribution is 6.02. The maximum absolute atomic E-state index is 12.8. The highest BCUT2D eigenvalue weighted by Gasteiger charge is 2.56. The molecule has 0 unspecified atom stereocenters. The van der Waals surface area contributed by atoms with E-state index in [4.69, 9.17) is 5.73 Å². The third-order valence-corrected chi connectivity index (χ3v) is 5.97. The molecule has 2 fully saturated rings. The molecule has 0 aliphatic carbocycles. The van der Waals surface area contributed by atoms with E-state index in [9.17, 15) is 9.59 Å². The molecule has 142 valence electrons. The Kier molecular flexibility index (Phi) is 4.73. The number of fused-ring (bicyclic) bond motifs is 1. The molecule has 3 amide bonds. The van der Waals surface area contributed by atoms with Crippen molar-refractivity contribution >= 4 is 17.6 Å². The Bertz CT molecular complexity index is 698. The van der Waals surface area contributed by atoms with Gasteiger partial charge in [0.15, 0.2) is 0 Å². The smallest absolute Gasteiger partial charge is 0.325 e. The SMILES string of the molecule is CN(C)CCC(C)(C)c1ccc(N2C[C@@]3(C(N)=O)CCCN3C2=O)cc1. The third kappa shape index (κ3) is 3.07. The van der Waals surface area contributed by atoms with Crippen molar-refractivity contribution in [2.45, 2.75) is 44.1 Å². The van der Waals surface area contributed by atoms with Gasteiger partial charge in [0.25, 0.3) is 0 Å². The summed E-state index contributed by atoms with van der Waals surface area (Å²) in [6.07, 6.45) is 2.54. The molecule has 3 rings (SSSR count). The number of anilines is 1. The lowest BCUT2D eigenvalue weighted by atomic mass is 9.81. The van der Waals surface area contributed by atoms with Crippen LogP contribution in [0.25, 0.3) is 0 Å². The Balaban J connectivity index is 1.79. The molecule has 2 saturated heterocycles. The van der Waals surface area contributed by atoms with Crippen molar-refractivity contribution in [2.75, 3.05) is 38.6 Å². The molecule has 1 atom stereocenters. The normalized spacial score (nSPS) is 23.0. The average Bonchev–Trinajstić information content (AvgIpc) is 3.13. The Morgan fingerprint density at radius 3 is 2.46 bits per heavy atom. The minimum atomic E-state index is -0.833. The van der Waals surface area contributed by atoms with Gasteiger partial charge in [0.1, 0.15) is 5.54 Å². The Morgan fingerprint density at radius 1 is 1.27 bits per heavy atom. The number of primary amides is 1. The lowest BCUT2D eigenvalue weighted by Gasteiger charge is -2.28. The van der Waals surface area contributed by atoms with Crippen molar-refractivity contribution in [3.05, 3.63) is 29.8 Å². The number of nitrogens with two attached hydrogens (primary N) is 1. The second-order valence-electron chi connectivity index (χ2n) is 8.50. The molecule has 6 nitrogen and oxygen atoms in total. The maximum Gasteiger partial charge on any atom is 0.325 e. The van der Waals surface area contributed by atoms with Gasteiger partial charge in [0.05, 0.1) is 6.54 Å². The van der Waals surface area contributed by atoms with Gasteiger partial charge in [-0.15, -0.1) is 0 Å². The van der Waals surface area contributed by atoms with Crippen LogP contribution in [0.5, 0.6) is 0 Å². The number of carbonyl (C=O) groups excluding carboxylic acids is 2. The lowest BCUT2D eigenvalue weighted by Crippen LogP contribution is -2.52. The van der Waals surface area contributed by atoms with E-state index in [1.807, 2.05) is 12.1 Å². The van der Waals surface area contributed by atoms with Crippen LogP contribution in [0.15, 0.2) is 24.3 Å². The van der Waals surface area contributed by atoms with Gasteiger partial charge in [-0.05, 0) is 63.0 Å². The van der Waals surface area contributed by atoms with Crippen molar-refractivity contribution < 1.29 is 9.59 Å². The highest BCUT2D eigenvalue weighted by Crippen LogP contribution is 2.39. The first-order valence-corrected chi connectivity index (χ1v) is 9.32. The topological polar surface area (TPSA) is 69.9 Å². The molecular weight excluding hydrogens is 328 g/mol. The van der Waals surface area contributed by atoms with Gasteiger partial charge in [0, 0.05) is 12.2 Å². The van der Waals surface area contributed by atoms with E-state index in [1.54, 1.807) is 9.80 Å². The zero-order valence-corrected chi connectivity index (χ0v) is 16.3. The lowest BCUT2D eigenvalue weighted by molar-refractivity contribution is -0.125. The van der Waals surface area contributed by atoms with Gasteiger partial charge < -0.3 is 15.5 Å². The van der Waals surface area contributed by atoms with Crippen molar-refractivity contribution in [3.63, 3.8) is 0 Å². The van der Waals surface area contributed by atoms with E-state index in [2.05, 4.69) is 45.0 Å². The Labute approximate surface area is 155 Å². The summed E-state index contributed by atoms with van der Waals surface area (Å²) in [6, 6.07) is 8.06. The van der Waals surface area contributed by atoms with Crippen LogP contribution in [0.3, 0.4) is 0 Å². The molecule has 0 aromatic heterocycles. The summed E-state index contributed by atoms with van der Waals surface area (Å²) >= 11 is 0. The van der Waals surface area contributed by atoms with Crippen LogP contribution in [-0.4, -0.2) is 61.0 Å². The summed E-state index contributed by atoms with van der Waals surface area (Å²) in [5.74, 6) is -0.396. The quantitative estimate of drug-likeness (QED) is 0.847. The van der Waals surface area contributed by atoms with Gasteiger partial charge >= 0.3 is 6.03 Å². The molecule has 0 radical (unpaired) electrons. The summed E-state index contributed by atoms with van der Waals surface area (Å²) in [5, 5.41) is 0. The predicted octanol–water partition coefficient (Wildman–Crippen LogP) is 2.18. The predicted molar refractivity (Wildman–Crippen MR) is 103 cm³/mol. The van der Waals surface area contributed by atoms with Gasteiger partial charge in [-0.1, -0.05) is 26.0 Å². The van der Waals surface area contributed by atoms with Crippen LogP contribution in [0.4, 0.5) is 10.5 Å². The monoisotopic (exact) mass is 358 g/mol. The van der Waals surface area contributed by atoms with Gasteiger partial charge in [-0.2, -0.15) is 0 Å². The minimum absolute atomic E-state index is 0.0618. The highest BCUT2D eigenvalue weighted by atomic mass is 16.2. The number of rotatable bonds is 6. The van der Waals surface area contributed by atoms with Crippen LogP contribution in [0, 0.1) is 0 Å². The van der Waals surface area contributed by atoms with E-state index in [0.717, 1.165) is 25.1 Å². The van der Waals surface area contributed by atoms with Gasteiger partial charge in [-0.25, -0.2) is 4.79 Å². The van der Waals surface area contributed by atoms with Crippen LogP contribution < -0.4 is 10.6 Å². The number of urea groups is 1. The molecule has 0 saturated carbocycles. The standard InChI is InChI=1S/C20H30N4O2/c1-19(2,11-13-22(3)4)15-6-8-16(9-7-15)23-14-20(17(21)25)10-5-12-24(20)18(23)26/h6-9H,5,10-14H2,1-4H3,(H2,21,25)/t20-/m1/s1. The second kappa shape index (κ2) is 6.58. The number of benzene rings is 1. The van der Waals surface area contributed by atoms with E-state index >= 15 is 0 Å². The minimum Gasteiger partial charge on any atom is -0.368 e. The number of amides is 3. The van der Waals surface area contributed by atoms with Crippen molar-refractivity contribution in [2.24, 2.45) is 5.73 Å². The van der Waals surface area contributed by atoms with Crippen LogP contribution >= 0.6 is 0 Å². The largest absolute Gasteiger partial charge is 0.368 e. The van der Waals surface area contributed by atoms with Crippen molar-refractivity contribution in [1.29, 1.82) is 0 Å². The molecule has 0 bridgehead atoms. The van der Waals surface area contributed by atoms with E-state index in [-0.39, 0.29) is 11.4 Å². The molecule has 6 heteroatoms. The number of hydrogen-bond acceptors (Lipinski definition) is 3. The first kappa shape index (κ1) is 18.7. The second-order valence-corrected chi connectivity index (χ2v) is 8.50. The fraction of sp³-hybridized carbons (Fsp3) is 0.600. The molecule has 2 aliphatic heterocycles. The molecule has 0 spiro atoms. The summed E-state index contributed by atoms with van der Waals surface area (Å²) in [5.41, 5.74) is 6.96. The Morgan fingerprint density at radius 2 is 1.92 bits per heavy atom. The maximum atomic E-state index is 12.8. The third-order valence-electron chi connectivity index (χ3n) is 5.97. The summed E-state index contributed by atoms with van der Waals surface area (Å²) in [7, 11) is 4.16. The van der Waals surface area contributed by atoms with Crippen molar-refractivity contribution in [1.82, 2.24) is 9.80 Å². The Hall–Kier alpha value is -2.08. The fourth-order valence-electron chi connectivity index (χ4n) is 4.07. The van der Waals surface area contributed by atoms with E-state index < -0.39 is 11.4 Å². The fourth-order valence-corrected chi connectivity index (χ4v) is 4.07. The molecule has 26 heavy (non-hydrogen) atoms. The first-order chi connectivity index (χ1) is 12.2. The molecule has 1 aromatic rings. The van der Waals surface area contributed by atoms with Crippen molar-refractivity contribution in [3.8, 4) is 0 Å².